The second kappa shape index (κ2) is 6.96. The molecule has 0 amide bonds. The van der Waals surface area contributed by atoms with Crippen molar-refractivity contribution in [3.63, 3.8) is 0 Å². The van der Waals surface area contributed by atoms with Gasteiger partial charge in [-0.05, 0) is 37.6 Å². The fourth-order valence-corrected chi connectivity index (χ4v) is 3.01. The minimum Gasteiger partial charge on any atom is -0.497 e. The van der Waals surface area contributed by atoms with E-state index in [1.807, 2.05) is 25.3 Å². The predicted octanol–water partition coefficient (Wildman–Crippen LogP) is 2.68. The molecule has 1 aromatic heterocycles. The van der Waals surface area contributed by atoms with E-state index >= 15 is 0 Å². The van der Waals surface area contributed by atoms with Crippen molar-refractivity contribution >= 4 is 5.95 Å². The lowest BCUT2D eigenvalue weighted by Gasteiger charge is -2.38. The van der Waals surface area contributed by atoms with Crippen LogP contribution in [0.2, 0.25) is 0 Å². The lowest BCUT2D eigenvalue weighted by atomic mass is 10.1. The molecule has 0 N–H and O–H groups in total. The number of rotatable bonds is 4. The summed E-state index contributed by atoms with van der Waals surface area (Å²) in [5.41, 5.74) is 2.31. The summed E-state index contributed by atoms with van der Waals surface area (Å²) in [6.45, 7) is 8.20. The first kappa shape index (κ1) is 15.7. The molecule has 0 unspecified atom stereocenters. The average Bonchev–Trinajstić information content (AvgIpc) is 2.61. The van der Waals surface area contributed by atoms with E-state index in [1.54, 1.807) is 7.11 Å². The summed E-state index contributed by atoms with van der Waals surface area (Å²) in [6.07, 6.45) is 1.84. The van der Waals surface area contributed by atoms with Crippen LogP contribution in [-0.4, -0.2) is 48.2 Å². The van der Waals surface area contributed by atoms with Crippen molar-refractivity contribution in [2.75, 3.05) is 38.2 Å². The van der Waals surface area contributed by atoms with Crippen LogP contribution in [0.15, 0.2) is 36.5 Å². The van der Waals surface area contributed by atoms with Gasteiger partial charge in [-0.2, -0.15) is 0 Å². The highest BCUT2D eigenvalue weighted by Crippen LogP contribution is 2.25. The summed E-state index contributed by atoms with van der Waals surface area (Å²) >= 11 is 0. The van der Waals surface area contributed by atoms with Gasteiger partial charge in [-0.25, -0.2) is 9.97 Å². The molecular weight excluding hydrogens is 288 g/mol. The smallest absolute Gasteiger partial charge is 0.225 e. The van der Waals surface area contributed by atoms with Crippen molar-refractivity contribution in [2.24, 2.45) is 0 Å². The fraction of sp³-hybridized carbons (Fsp3) is 0.444. The molecule has 1 fully saturated rings. The molecule has 2 heterocycles. The second-order valence-corrected chi connectivity index (χ2v) is 5.97. The molecule has 0 spiro atoms. The molecule has 122 valence electrons. The van der Waals surface area contributed by atoms with Gasteiger partial charge in [-0.15, -0.1) is 0 Å². The quantitative estimate of drug-likeness (QED) is 0.868. The molecule has 0 radical (unpaired) electrons. The van der Waals surface area contributed by atoms with Crippen molar-refractivity contribution in [3.05, 3.63) is 47.8 Å². The molecule has 2 aromatic rings. The highest BCUT2D eigenvalue weighted by Gasteiger charge is 2.23. The summed E-state index contributed by atoms with van der Waals surface area (Å²) in [7, 11) is 1.71. The summed E-state index contributed by atoms with van der Waals surface area (Å²) in [5.74, 6) is 1.76. The lowest BCUT2D eigenvalue weighted by molar-refractivity contribution is 0.197. The molecule has 0 bridgehead atoms. The Bertz CT molecular complexity index is 653. The highest BCUT2D eigenvalue weighted by molar-refractivity contribution is 5.32. The molecular formula is C18H24N4O. The topological polar surface area (TPSA) is 41.5 Å². The van der Waals surface area contributed by atoms with E-state index in [2.05, 4.69) is 44.9 Å². The van der Waals surface area contributed by atoms with Gasteiger partial charge in [-0.3, -0.25) is 4.90 Å². The van der Waals surface area contributed by atoms with E-state index < -0.39 is 0 Å². The molecule has 1 aliphatic rings. The van der Waals surface area contributed by atoms with Gasteiger partial charge >= 0.3 is 0 Å². The summed E-state index contributed by atoms with van der Waals surface area (Å²) < 4.78 is 5.34. The van der Waals surface area contributed by atoms with Crippen LogP contribution < -0.4 is 9.64 Å². The highest BCUT2D eigenvalue weighted by atomic mass is 16.5. The van der Waals surface area contributed by atoms with E-state index in [4.69, 9.17) is 4.74 Å². The largest absolute Gasteiger partial charge is 0.497 e. The summed E-state index contributed by atoms with van der Waals surface area (Å²) in [5, 5.41) is 0. The van der Waals surface area contributed by atoms with Gasteiger partial charge in [-0.1, -0.05) is 12.1 Å². The van der Waals surface area contributed by atoms with Crippen LogP contribution in [0.1, 0.15) is 24.2 Å². The number of methoxy groups -OCH3 is 1. The zero-order valence-corrected chi connectivity index (χ0v) is 14.1. The molecule has 23 heavy (non-hydrogen) atoms. The maximum atomic E-state index is 5.34. The first-order valence-electron chi connectivity index (χ1n) is 8.10. The van der Waals surface area contributed by atoms with Gasteiger partial charge in [0, 0.05) is 44.1 Å². The minimum absolute atomic E-state index is 0.380. The van der Waals surface area contributed by atoms with Gasteiger partial charge in [0.25, 0.3) is 0 Å². The Morgan fingerprint density at radius 3 is 2.61 bits per heavy atom. The Balaban J connectivity index is 1.64. The number of aromatic nitrogens is 2. The third-order valence-electron chi connectivity index (χ3n) is 4.50. The summed E-state index contributed by atoms with van der Waals surface area (Å²) in [6, 6.07) is 10.7. The molecule has 3 rings (SSSR count). The number of hydrogen-bond acceptors (Lipinski definition) is 5. The average molecular weight is 312 g/mol. The molecule has 5 heteroatoms. The zero-order chi connectivity index (χ0) is 16.2. The normalized spacial score (nSPS) is 17.1. The van der Waals surface area contributed by atoms with Gasteiger partial charge in [0.05, 0.1) is 7.11 Å². The van der Waals surface area contributed by atoms with Crippen molar-refractivity contribution < 1.29 is 4.74 Å². The van der Waals surface area contributed by atoms with Crippen LogP contribution in [0, 0.1) is 6.92 Å². The molecule has 1 saturated heterocycles. The first-order chi connectivity index (χ1) is 11.2. The van der Waals surface area contributed by atoms with Crippen LogP contribution in [0.5, 0.6) is 5.75 Å². The maximum absolute atomic E-state index is 5.34. The number of nitrogens with zero attached hydrogens (tertiary/aromatic N) is 4. The van der Waals surface area contributed by atoms with Crippen LogP contribution >= 0.6 is 0 Å². The molecule has 0 aliphatic carbocycles. The maximum Gasteiger partial charge on any atom is 0.225 e. The van der Waals surface area contributed by atoms with Crippen molar-refractivity contribution in [1.29, 1.82) is 0 Å². The van der Waals surface area contributed by atoms with Gasteiger partial charge in [0.15, 0.2) is 0 Å². The van der Waals surface area contributed by atoms with Crippen molar-refractivity contribution in [3.8, 4) is 5.75 Å². The van der Waals surface area contributed by atoms with E-state index in [9.17, 15) is 0 Å². The Labute approximate surface area is 137 Å². The number of anilines is 1. The number of hydrogen-bond donors (Lipinski definition) is 0. The van der Waals surface area contributed by atoms with Gasteiger partial charge in [0.2, 0.25) is 5.95 Å². The number of aryl methyl sites for hydroxylation is 1. The van der Waals surface area contributed by atoms with E-state index in [1.165, 1.54) is 5.56 Å². The third kappa shape index (κ3) is 3.62. The van der Waals surface area contributed by atoms with Crippen LogP contribution in [0.25, 0.3) is 0 Å². The van der Waals surface area contributed by atoms with E-state index in [0.29, 0.717) is 6.04 Å². The Kier molecular flexibility index (Phi) is 4.76. The van der Waals surface area contributed by atoms with E-state index in [0.717, 1.165) is 43.6 Å². The third-order valence-corrected chi connectivity index (χ3v) is 4.50. The zero-order valence-electron chi connectivity index (χ0n) is 14.1. The summed E-state index contributed by atoms with van der Waals surface area (Å²) in [4.78, 5) is 13.7. The SMILES string of the molecule is COc1cccc([C@@H](C)N2CCN(c3nccc(C)n3)CC2)c1. The lowest BCUT2D eigenvalue weighted by Crippen LogP contribution is -2.47. The number of benzene rings is 1. The van der Waals surface area contributed by atoms with Crippen LogP contribution in [0.4, 0.5) is 5.95 Å². The van der Waals surface area contributed by atoms with Gasteiger partial charge < -0.3 is 9.64 Å². The second-order valence-electron chi connectivity index (χ2n) is 5.97. The van der Waals surface area contributed by atoms with Crippen molar-refractivity contribution in [1.82, 2.24) is 14.9 Å². The predicted molar refractivity (Wildman–Crippen MR) is 92.0 cm³/mol. The molecule has 1 aromatic carbocycles. The molecule has 5 nitrogen and oxygen atoms in total. The monoisotopic (exact) mass is 312 g/mol. The molecule has 0 saturated carbocycles. The van der Waals surface area contributed by atoms with Crippen LogP contribution in [-0.2, 0) is 0 Å². The fourth-order valence-electron chi connectivity index (χ4n) is 3.01. The van der Waals surface area contributed by atoms with E-state index in [-0.39, 0.29) is 0 Å². The van der Waals surface area contributed by atoms with Gasteiger partial charge in [0.1, 0.15) is 5.75 Å². The molecule has 1 aliphatic heterocycles. The minimum atomic E-state index is 0.380. The van der Waals surface area contributed by atoms with Crippen LogP contribution in [0.3, 0.4) is 0 Å². The van der Waals surface area contributed by atoms with Crippen molar-refractivity contribution in [2.45, 2.75) is 19.9 Å². The first-order valence-corrected chi connectivity index (χ1v) is 8.10. The Morgan fingerprint density at radius 1 is 1.13 bits per heavy atom. The number of ether oxygens (including phenoxy) is 1. The Morgan fingerprint density at radius 2 is 1.91 bits per heavy atom. The Hall–Kier alpha value is -2.14. The molecule has 1 atom stereocenters. The number of piperazine rings is 1. The standard InChI is InChI=1S/C18H24N4O/c1-14-7-8-19-18(20-14)22-11-9-21(10-12-22)15(2)16-5-4-6-17(13-16)23-3/h4-8,13,15H,9-12H2,1-3H3/t15-/m1/s1.